The molecule has 2 unspecified atom stereocenters. The van der Waals surface area contributed by atoms with Gasteiger partial charge in [-0.1, -0.05) is 13.0 Å². The Labute approximate surface area is 109 Å². The first-order chi connectivity index (χ1) is 8.39. The minimum absolute atomic E-state index is 0.194. The smallest absolute Gasteiger partial charge is 0.352 e. The molecule has 100 valence electrons. The van der Waals surface area contributed by atoms with E-state index >= 15 is 0 Å². The molecule has 0 bridgehead atoms. The van der Waals surface area contributed by atoms with Crippen LogP contribution in [0.2, 0.25) is 0 Å². The molecule has 2 heterocycles. The van der Waals surface area contributed by atoms with Gasteiger partial charge in [-0.25, -0.2) is 4.98 Å². The van der Waals surface area contributed by atoms with Gasteiger partial charge in [0.15, 0.2) is 0 Å². The molecule has 1 fully saturated rings. The summed E-state index contributed by atoms with van der Waals surface area (Å²) in [6.45, 7) is 4.86. The highest BCUT2D eigenvalue weighted by molar-refractivity contribution is 8.00. The zero-order valence-corrected chi connectivity index (χ0v) is 11.1. The molecule has 0 spiro atoms. The van der Waals surface area contributed by atoms with Crippen molar-refractivity contribution in [2.75, 3.05) is 17.2 Å². The first kappa shape index (κ1) is 13.5. The minimum Gasteiger partial charge on any atom is -0.352 e. The summed E-state index contributed by atoms with van der Waals surface area (Å²) in [7, 11) is 0. The van der Waals surface area contributed by atoms with Crippen molar-refractivity contribution in [3.8, 4) is 0 Å². The molecule has 0 N–H and O–H groups in total. The van der Waals surface area contributed by atoms with Crippen LogP contribution in [0.15, 0.2) is 18.2 Å². The van der Waals surface area contributed by atoms with Crippen LogP contribution in [0.5, 0.6) is 0 Å². The van der Waals surface area contributed by atoms with E-state index in [1.807, 2.05) is 23.6 Å². The summed E-state index contributed by atoms with van der Waals surface area (Å²) in [5.74, 6) is 1.34. The number of alkyl halides is 3. The second kappa shape index (κ2) is 4.99. The van der Waals surface area contributed by atoms with E-state index < -0.39 is 11.9 Å². The molecular weight excluding hydrogens is 261 g/mol. The molecule has 1 aromatic heterocycles. The van der Waals surface area contributed by atoms with Gasteiger partial charge in [0.05, 0.1) is 0 Å². The van der Waals surface area contributed by atoms with Crippen LogP contribution in [0.4, 0.5) is 19.0 Å². The molecule has 2 nitrogen and oxygen atoms in total. The van der Waals surface area contributed by atoms with E-state index in [0.29, 0.717) is 11.1 Å². The van der Waals surface area contributed by atoms with Crippen LogP contribution in [-0.4, -0.2) is 28.6 Å². The summed E-state index contributed by atoms with van der Waals surface area (Å²) in [4.78, 5) is 5.70. The molecule has 2 rings (SSSR count). The summed E-state index contributed by atoms with van der Waals surface area (Å²) in [5, 5.41) is 0.398. The van der Waals surface area contributed by atoms with Crippen LogP contribution in [0, 0.1) is 0 Å². The van der Waals surface area contributed by atoms with Gasteiger partial charge in [-0.2, -0.15) is 24.9 Å². The zero-order valence-electron chi connectivity index (χ0n) is 10.2. The summed E-state index contributed by atoms with van der Waals surface area (Å²) in [5.41, 5.74) is -0.821. The Balaban J connectivity index is 2.28. The predicted molar refractivity (Wildman–Crippen MR) is 68.0 cm³/mol. The third-order valence-corrected chi connectivity index (χ3v) is 4.54. The number of nitrogens with zero attached hydrogens (tertiary/aromatic N) is 2. The Bertz CT molecular complexity index is 422. The van der Waals surface area contributed by atoms with Gasteiger partial charge in [0.25, 0.3) is 0 Å². The summed E-state index contributed by atoms with van der Waals surface area (Å²) >= 11 is 1.84. The van der Waals surface area contributed by atoms with Gasteiger partial charge in [-0.3, -0.25) is 0 Å². The second-order valence-electron chi connectivity index (χ2n) is 4.39. The number of anilines is 1. The number of halogens is 3. The van der Waals surface area contributed by atoms with Gasteiger partial charge < -0.3 is 4.90 Å². The van der Waals surface area contributed by atoms with Crippen molar-refractivity contribution in [2.24, 2.45) is 0 Å². The largest absolute Gasteiger partial charge is 0.433 e. The number of hydrogen-bond donors (Lipinski definition) is 0. The van der Waals surface area contributed by atoms with Gasteiger partial charge >= 0.3 is 6.18 Å². The average Bonchev–Trinajstić information content (AvgIpc) is 2.32. The fraction of sp³-hybridized carbons (Fsp3) is 0.583. The Morgan fingerprint density at radius 2 is 2.06 bits per heavy atom. The normalized spacial score (nSPS) is 25.3. The Morgan fingerprint density at radius 1 is 1.33 bits per heavy atom. The standard InChI is InChI=1S/C12H15F3N2S/c1-8-9(2)18-7-6-17(8)11-5-3-4-10(16-11)12(13,14)15/h3-5,8-9H,6-7H2,1-2H3. The van der Waals surface area contributed by atoms with Gasteiger partial charge in [0, 0.05) is 23.6 Å². The number of thioether (sulfide) groups is 1. The lowest BCUT2D eigenvalue weighted by atomic mass is 10.2. The molecule has 0 aromatic carbocycles. The van der Waals surface area contributed by atoms with E-state index in [2.05, 4.69) is 11.9 Å². The maximum absolute atomic E-state index is 12.6. The number of hydrogen-bond acceptors (Lipinski definition) is 3. The highest BCUT2D eigenvalue weighted by atomic mass is 32.2. The molecule has 0 amide bonds. The summed E-state index contributed by atoms with van der Waals surface area (Å²) in [6, 6.07) is 4.27. The van der Waals surface area contributed by atoms with Gasteiger partial charge in [0.2, 0.25) is 0 Å². The molecule has 6 heteroatoms. The molecule has 1 saturated heterocycles. The molecule has 1 aliphatic rings. The Morgan fingerprint density at radius 3 is 2.72 bits per heavy atom. The van der Waals surface area contributed by atoms with E-state index in [4.69, 9.17) is 0 Å². The number of pyridine rings is 1. The molecule has 1 aliphatic heterocycles. The lowest BCUT2D eigenvalue weighted by molar-refractivity contribution is -0.141. The summed E-state index contributed by atoms with van der Waals surface area (Å²) < 4.78 is 37.9. The van der Waals surface area contributed by atoms with Crippen molar-refractivity contribution in [3.63, 3.8) is 0 Å². The quantitative estimate of drug-likeness (QED) is 0.781. The average molecular weight is 276 g/mol. The maximum atomic E-state index is 12.6. The van der Waals surface area contributed by atoms with Crippen LogP contribution in [0.25, 0.3) is 0 Å². The van der Waals surface area contributed by atoms with Crippen LogP contribution in [-0.2, 0) is 6.18 Å². The van der Waals surface area contributed by atoms with E-state index in [0.717, 1.165) is 18.4 Å². The van der Waals surface area contributed by atoms with Crippen molar-refractivity contribution >= 4 is 17.6 Å². The predicted octanol–water partition coefficient (Wildman–Crippen LogP) is 3.43. The molecule has 2 atom stereocenters. The monoisotopic (exact) mass is 276 g/mol. The molecule has 0 radical (unpaired) electrons. The van der Waals surface area contributed by atoms with Crippen molar-refractivity contribution in [1.82, 2.24) is 4.98 Å². The van der Waals surface area contributed by atoms with E-state index in [9.17, 15) is 13.2 Å². The number of aromatic nitrogens is 1. The maximum Gasteiger partial charge on any atom is 0.433 e. The SMILES string of the molecule is CC1SCCN(c2cccc(C(F)(F)F)n2)C1C. The fourth-order valence-electron chi connectivity index (χ4n) is 2.00. The zero-order chi connectivity index (χ0) is 13.3. The first-order valence-electron chi connectivity index (χ1n) is 5.82. The third kappa shape index (κ3) is 2.74. The lowest BCUT2D eigenvalue weighted by Gasteiger charge is -2.38. The molecule has 0 aliphatic carbocycles. The van der Waals surface area contributed by atoms with Crippen LogP contribution >= 0.6 is 11.8 Å². The third-order valence-electron chi connectivity index (χ3n) is 3.20. The first-order valence-corrected chi connectivity index (χ1v) is 6.87. The van der Waals surface area contributed by atoms with Crippen LogP contribution in [0.3, 0.4) is 0 Å². The number of rotatable bonds is 1. The van der Waals surface area contributed by atoms with E-state index in [1.54, 1.807) is 6.07 Å². The second-order valence-corrected chi connectivity index (χ2v) is 5.87. The molecule has 1 aromatic rings. The Hall–Kier alpha value is -0.910. The van der Waals surface area contributed by atoms with Crippen LogP contribution < -0.4 is 4.90 Å². The summed E-state index contributed by atoms with van der Waals surface area (Å²) in [6.07, 6.45) is -4.38. The highest BCUT2D eigenvalue weighted by Crippen LogP contribution is 2.31. The van der Waals surface area contributed by atoms with Crippen molar-refractivity contribution in [2.45, 2.75) is 31.3 Å². The highest BCUT2D eigenvalue weighted by Gasteiger charge is 2.34. The molecule has 0 saturated carbocycles. The topological polar surface area (TPSA) is 16.1 Å². The molecular formula is C12H15F3N2S. The van der Waals surface area contributed by atoms with Gasteiger partial charge in [-0.05, 0) is 19.1 Å². The fourth-order valence-corrected chi connectivity index (χ4v) is 3.10. The minimum atomic E-state index is -4.38. The van der Waals surface area contributed by atoms with Crippen molar-refractivity contribution < 1.29 is 13.2 Å². The molecule has 18 heavy (non-hydrogen) atoms. The van der Waals surface area contributed by atoms with Gasteiger partial charge in [-0.15, -0.1) is 0 Å². The van der Waals surface area contributed by atoms with E-state index in [1.165, 1.54) is 6.07 Å². The van der Waals surface area contributed by atoms with Crippen molar-refractivity contribution in [1.29, 1.82) is 0 Å². The van der Waals surface area contributed by atoms with Crippen LogP contribution in [0.1, 0.15) is 19.5 Å². The van der Waals surface area contributed by atoms with Crippen molar-refractivity contribution in [3.05, 3.63) is 23.9 Å². The Kier molecular flexibility index (Phi) is 3.75. The lowest BCUT2D eigenvalue weighted by Crippen LogP contribution is -2.45. The van der Waals surface area contributed by atoms with E-state index in [-0.39, 0.29) is 6.04 Å². The van der Waals surface area contributed by atoms with Gasteiger partial charge in [0.1, 0.15) is 11.5 Å².